The van der Waals surface area contributed by atoms with Gasteiger partial charge in [0, 0.05) is 44.0 Å². The maximum atomic E-state index is 5.73. The van der Waals surface area contributed by atoms with Crippen molar-refractivity contribution >= 4 is 17.3 Å². The van der Waals surface area contributed by atoms with Gasteiger partial charge in [-0.25, -0.2) is 0 Å². The van der Waals surface area contributed by atoms with Gasteiger partial charge >= 0.3 is 0 Å². The Balaban J connectivity index is 1.75. The van der Waals surface area contributed by atoms with E-state index in [1.807, 2.05) is 18.3 Å². The van der Waals surface area contributed by atoms with Gasteiger partial charge in [-0.3, -0.25) is 4.98 Å². The molecule has 1 aromatic carbocycles. The Bertz CT molecular complexity index is 955. The monoisotopic (exact) mass is 406 g/mol. The molecule has 1 N–H and O–H groups in total. The minimum Gasteiger partial charge on any atom is -0.385 e. The van der Waals surface area contributed by atoms with Crippen molar-refractivity contribution < 1.29 is 4.74 Å². The van der Waals surface area contributed by atoms with Crippen molar-refractivity contribution in [2.24, 2.45) is 0 Å². The van der Waals surface area contributed by atoms with Gasteiger partial charge in [0.2, 0.25) is 0 Å². The van der Waals surface area contributed by atoms with Gasteiger partial charge in [0.15, 0.2) is 5.11 Å². The fourth-order valence-electron chi connectivity index (χ4n) is 3.92. The largest absolute Gasteiger partial charge is 0.385 e. The minimum absolute atomic E-state index is 0.00894. The zero-order valence-electron chi connectivity index (χ0n) is 16.8. The second kappa shape index (κ2) is 8.76. The van der Waals surface area contributed by atoms with Crippen molar-refractivity contribution in [2.75, 3.05) is 20.3 Å². The van der Waals surface area contributed by atoms with Crippen LogP contribution in [0.3, 0.4) is 0 Å². The predicted octanol–water partition coefficient (Wildman–Crippen LogP) is 4.19. The number of benzene rings is 1. The van der Waals surface area contributed by atoms with Gasteiger partial charge in [0.1, 0.15) is 0 Å². The quantitative estimate of drug-likeness (QED) is 0.471. The zero-order chi connectivity index (χ0) is 20.2. The molecular formula is C23H26N4OS. The molecule has 1 aliphatic rings. The molecule has 29 heavy (non-hydrogen) atoms. The Labute approximate surface area is 177 Å². The summed E-state index contributed by atoms with van der Waals surface area (Å²) in [6.45, 7) is 3.64. The number of nitrogens with zero attached hydrogens (tertiary/aromatic N) is 3. The summed E-state index contributed by atoms with van der Waals surface area (Å²) in [6.07, 6.45) is 4.86. The first-order valence-corrected chi connectivity index (χ1v) is 10.3. The Morgan fingerprint density at radius 2 is 1.93 bits per heavy atom. The molecule has 3 heterocycles. The van der Waals surface area contributed by atoms with Crippen LogP contribution < -0.4 is 5.32 Å². The summed E-state index contributed by atoms with van der Waals surface area (Å²) >= 11 is 5.73. The number of methoxy groups -OCH3 is 1. The van der Waals surface area contributed by atoms with Gasteiger partial charge in [-0.2, -0.15) is 0 Å². The van der Waals surface area contributed by atoms with E-state index in [1.165, 1.54) is 11.3 Å². The number of thiocarbonyl (C=S) groups is 1. The first-order chi connectivity index (χ1) is 14.2. The topological polar surface area (TPSA) is 42.3 Å². The summed E-state index contributed by atoms with van der Waals surface area (Å²) in [4.78, 5) is 6.89. The van der Waals surface area contributed by atoms with Gasteiger partial charge in [0.05, 0.1) is 17.8 Å². The molecule has 0 spiro atoms. The minimum atomic E-state index is -0.00894. The second-order valence-electron chi connectivity index (χ2n) is 7.30. The molecule has 1 aliphatic heterocycles. The molecule has 1 fully saturated rings. The Morgan fingerprint density at radius 3 is 2.66 bits per heavy atom. The third kappa shape index (κ3) is 4.04. The fraction of sp³-hybridized carbons (Fsp3) is 0.304. The number of hydrogen-bond acceptors (Lipinski definition) is 3. The lowest BCUT2D eigenvalue weighted by molar-refractivity contribution is 0.180. The number of aromatic nitrogens is 2. The van der Waals surface area contributed by atoms with Crippen LogP contribution in [0, 0.1) is 6.92 Å². The smallest absolute Gasteiger partial charge is 0.170 e. The normalized spacial score (nSPS) is 18.8. The van der Waals surface area contributed by atoms with Crippen LogP contribution in [-0.4, -0.2) is 39.8 Å². The zero-order valence-corrected chi connectivity index (χ0v) is 17.6. The van der Waals surface area contributed by atoms with E-state index in [-0.39, 0.29) is 12.1 Å². The Kier molecular flexibility index (Phi) is 5.92. The molecule has 5 nitrogen and oxygen atoms in total. The third-order valence-electron chi connectivity index (χ3n) is 5.34. The average Bonchev–Trinajstić information content (AvgIpc) is 3.34. The van der Waals surface area contributed by atoms with Crippen LogP contribution >= 0.6 is 12.2 Å². The van der Waals surface area contributed by atoms with E-state index in [1.54, 1.807) is 7.11 Å². The summed E-state index contributed by atoms with van der Waals surface area (Å²) in [5.41, 5.74) is 4.57. The van der Waals surface area contributed by atoms with E-state index < -0.39 is 0 Å². The van der Waals surface area contributed by atoms with Crippen molar-refractivity contribution in [1.29, 1.82) is 0 Å². The van der Waals surface area contributed by atoms with Gasteiger partial charge in [-0.05, 0) is 62.0 Å². The molecule has 0 amide bonds. The molecule has 4 rings (SSSR count). The molecule has 3 aromatic rings. The van der Waals surface area contributed by atoms with Crippen molar-refractivity contribution in [1.82, 2.24) is 19.8 Å². The van der Waals surface area contributed by atoms with Crippen LogP contribution in [0.2, 0.25) is 0 Å². The molecule has 0 bridgehead atoms. The highest BCUT2D eigenvalue weighted by molar-refractivity contribution is 7.80. The maximum absolute atomic E-state index is 5.73. The number of pyridine rings is 1. The van der Waals surface area contributed by atoms with E-state index in [0.717, 1.165) is 29.5 Å². The van der Waals surface area contributed by atoms with Crippen LogP contribution in [-0.2, 0) is 4.74 Å². The lowest BCUT2D eigenvalue weighted by Crippen LogP contribution is -2.32. The lowest BCUT2D eigenvalue weighted by Gasteiger charge is -2.29. The van der Waals surface area contributed by atoms with Crippen molar-refractivity contribution in [3.8, 4) is 5.69 Å². The average molecular weight is 407 g/mol. The van der Waals surface area contributed by atoms with Crippen molar-refractivity contribution in [2.45, 2.75) is 25.4 Å². The summed E-state index contributed by atoms with van der Waals surface area (Å²) in [5, 5.41) is 4.28. The van der Waals surface area contributed by atoms with Crippen molar-refractivity contribution in [3.63, 3.8) is 0 Å². The summed E-state index contributed by atoms with van der Waals surface area (Å²) in [7, 11) is 1.73. The molecule has 150 valence electrons. The molecule has 0 saturated carbocycles. The Hall–Kier alpha value is -2.70. The molecule has 1 saturated heterocycles. The maximum Gasteiger partial charge on any atom is 0.170 e. The van der Waals surface area contributed by atoms with Crippen LogP contribution in [0.5, 0.6) is 0 Å². The number of hydrogen-bond donors (Lipinski definition) is 1. The van der Waals surface area contributed by atoms with Gasteiger partial charge in [-0.15, -0.1) is 0 Å². The number of ether oxygens (including phenoxy) is 1. The molecule has 0 unspecified atom stereocenters. The number of aryl methyl sites for hydroxylation is 1. The fourth-order valence-corrected chi connectivity index (χ4v) is 4.25. The molecule has 0 aliphatic carbocycles. The highest BCUT2D eigenvalue weighted by atomic mass is 32.1. The molecule has 0 radical (unpaired) electrons. The SMILES string of the molecule is COCCCN1C(=S)N[C@H](c2ccccn2)[C@@H]1c1cccn1-c1ccc(C)cc1. The highest BCUT2D eigenvalue weighted by Gasteiger charge is 2.40. The summed E-state index contributed by atoms with van der Waals surface area (Å²) in [5.74, 6) is 0. The van der Waals surface area contributed by atoms with E-state index in [4.69, 9.17) is 17.0 Å². The van der Waals surface area contributed by atoms with Crippen LogP contribution in [0.15, 0.2) is 67.0 Å². The van der Waals surface area contributed by atoms with Gasteiger partial charge in [0.25, 0.3) is 0 Å². The van der Waals surface area contributed by atoms with Gasteiger partial charge in [-0.1, -0.05) is 23.8 Å². The second-order valence-corrected chi connectivity index (χ2v) is 7.69. The molecule has 2 atom stereocenters. The molecule has 6 heteroatoms. The highest BCUT2D eigenvalue weighted by Crippen LogP contribution is 2.39. The number of nitrogens with one attached hydrogen (secondary N) is 1. The van der Waals surface area contributed by atoms with Crippen molar-refractivity contribution in [3.05, 3.63) is 83.9 Å². The van der Waals surface area contributed by atoms with E-state index in [0.29, 0.717) is 6.61 Å². The summed E-state index contributed by atoms with van der Waals surface area (Å²) < 4.78 is 7.52. The standard InChI is InChI=1S/C23H26N4OS/c1-17-9-11-18(12-10-17)26-14-5-8-20(26)22-21(19-7-3-4-13-24-19)25-23(29)27(22)15-6-16-28-2/h3-5,7-14,21-22H,6,15-16H2,1-2H3,(H,25,29)/t21-,22+/m1/s1. The first kappa shape index (κ1) is 19.6. The molecule has 2 aromatic heterocycles. The predicted molar refractivity (Wildman–Crippen MR) is 119 cm³/mol. The lowest BCUT2D eigenvalue weighted by atomic mass is 10.0. The van der Waals surface area contributed by atoms with E-state index in [2.05, 4.69) is 75.4 Å². The first-order valence-electron chi connectivity index (χ1n) is 9.90. The number of rotatable bonds is 7. The Morgan fingerprint density at radius 1 is 1.10 bits per heavy atom. The molecular weight excluding hydrogens is 380 g/mol. The van der Waals surface area contributed by atoms with Crippen LogP contribution in [0.4, 0.5) is 0 Å². The van der Waals surface area contributed by atoms with Crippen LogP contribution in [0.1, 0.15) is 35.5 Å². The van der Waals surface area contributed by atoms with Crippen LogP contribution in [0.25, 0.3) is 5.69 Å². The van der Waals surface area contributed by atoms with E-state index >= 15 is 0 Å². The third-order valence-corrected chi connectivity index (χ3v) is 5.69. The summed E-state index contributed by atoms with van der Waals surface area (Å²) in [6, 6.07) is 18.9. The van der Waals surface area contributed by atoms with E-state index in [9.17, 15) is 0 Å². The van der Waals surface area contributed by atoms with Gasteiger partial charge < -0.3 is 19.5 Å².